The second kappa shape index (κ2) is 4.65. The summed E-state index contributed by atoms with van der Waals surface area (Å²) in [4.78, 5) is 2.33. The van der Waals surface area contributed by atoms with Gasteiger partial charge in [-0.1, -0.05) is 20.8 Å². The van der Waals surface area contributed by atoms with Crippen LogP contribution in [0.1, 0.15) is 20.8 Å². The zero-order chi connectivity index (χ0) is 12.5. The van der Waals surface area contributed by atoms with Gasteiger partial charge in [-0.3, -0.25) is 0 Å². The lowest BCUT2D eigenvalue weighted by Crippen LogP contribution is -2.56. The molecule has 0 saturated carbocycles. The normalized spacial score (nSPS) is 21.6. The Balaban J connectivity index is 2.09. The average molecular weight is 236 g/mol. The first kappa shape index (κ1) is 12.4. The summed E-state index contributed by atoms with van der Waals surface area (Å²) in [6, 6.07) is 7.26. The van der Waals surface area contributed by atoms with Gasteiger partial charge in [0.25, 0.3) is 0 Å². The first-order chi connectivity index (χ1) is 7.97. The van der Waals surface area contributed by atoms with E-state index in [1.807, 2.05) is 12.1 Å². The lowest BCUT2D eigenvalue weighted by atomic mass is 9.85. The fourth-order valence-electron chi connectivity index (χ4n) is 2.22. The Morgan fingerprint density at radius 2 is 1.88 bits per heavy atom. The Labute approximate surface area is 103 Å². The van der Waals surface area contributed by atoms with E-state index in [2.05, 4.69) is 31.0 Å². The molecule has 1 heterocycles. The number of piperazine rings is 1. The van der Waals surface area contributed by atoms with Crippen molar-refractivity contribution in [2.24, 2.45) is 5.41 Å². The molecule has 1 aromatic carbocycles. The molecule has 94 valence electrons. The minimum absolute atomic E-state index is 0.170. The molecule has 0 aromatic heterocycles. The zero-order valence-corrected chi connectivity index (χ0v) is 10.8. The zero-order valence-electron chi connectivity index (χ0n) is 10.8. The number of halogens is 1. The van der Waals surface area contributed by atoms with Crippen molar-refractivity contribution in [3.05, 3.63) is 30.1 Å². The van der Waals surface area contributed by atoms with Crippen LogP contribution in [-0.4, -0.2) is 25.7 Å². The highest BCUT2D eigenvalue weighted by atomic mass is 19.1. The molecular weight excluding hydrogens is 215 g/mol. The molecule has 0 bridgehead atoms. The molecule has 1 aliphatic heterocycles. The van der Waals surface area contributed by atoms with E-state index >= 15 is 0 Å². The van der Waals surface area contributed by atoms with Crippen molar-refractivity contribution < 1.29 is 4.39 Å². The summed E-state index contributed by atoms with van der Waals surface area (Å²) in [6.45, 7) is 9.70. The Kier molecular flexibility index (Phi) is 3.38. The smallest absolute Gasteiger partial charge is 0.123 e. The van der Waals surface area contributed by atoms with Crippen LogP contribution in [0.2, 0.25) is 0 Å². The van der Waals surface area contributed by atoms with Crippen LogP contribution >= 0.6 is 0 Å². The van der Waals surface area contributed by atoms with Crippen LogP contribution < -0.4 is 10.2 Å². The molecule has 2 rings (SSSR count). The lowest BCUT2D eigenvalue weighted by Gasteiger charge is -2.41. The van der Waals surface area contributed by atoms with Crippen LogP contribution in [-0.2, 0) is 0 Å². The van der Waals surface area contributed by atoms with E-state index in [0.29, 0.717) is 6.04 Å². The molecule has 2 nitrogen and oxygen atoms in total. The number of hydrogen-bond donors (Lipinski definition) is 1. The molecule has 1 saturated heterocycles. The average Bonchev–Trinajstić information content (AvgIpc) is 2.29. The summed E-state index contributed by atoms with van der Waals surface area (Å²) >= 11 is 0. The number of hydrogen-bond acceptors (Lipinski definition) is 2. The lowest BCUT2D eigenvalue weighted by molar-refractivity contribution is 0.254. The summed E-state index contributed by atoms with van der Waals surface area (Å²) in [6.07, 6.45) is 0. The predicted molar refractivity (Wildman–Crippen MR) is 69.9 cm³/mol. The molecule has 1 N–H and O–H groups in total. The van der Waals surface area contributed by atoms with Gasteiger partial charge in [-0.05, 0) is 29.7 Å². The summed E-state index contributed by atoms with van der Waals surface area (Å²) in [7, 11) is 0. The second-order valence-corrected chi connectivity index (χ2v) is 5.80. The number of nitrogens with one attached hydrogen (secondary N) is 1. The van der Waals surface area contributed by atoms with Crippen LogP contribution in [0.5, 0.6) is 0 Å². The summed E-state index contributed by atoms with van der Waals surface area (Å²) < 4.78 is 12.9. The molecule has 3 heteroatoms. The van der Waals surface area contributed by atoms with Crippen molar-refractivity contribution in [3.8, 4) is 0 Å². The van der Waals surface area contributed by atoms with Gasteiger partial charge in [-0.25, -0.2) is 4.39 Å². The van der Waals surface area contributed by atoms with E-state index in [1.165, 1.54) is 12.1 Å². The SMILES string of the molecule is CC(C)(C)C1CN(c2ccc(F)cc2)CCN1. The summed E-state index contributed by atoms with van der Waals surface area (Å²) in [5, 5.41) is 3.55. The van der Waals surface area contributed by atoms with Crippen molar-refractivity contribution >= 4 is 5.69 Å². The third-order valence-corrected chi connectivity index (χ3v) is 3.41. The molecule has 0 aliphatic carbocycles. The number of nitrogens with zero attached hydrogens (tertiary/aromatic N) is 1. The molecule has 1 aliphatic rings. The van der Waals surface area contributed by atoms with E-state index in [1.54, 1.807) is 0 Å². The quantitative estimate of drug-likeness (QED) is 0.806. The minimum Gasteiger partial charge on any atom is -0.369 e. The summed E-state index contributed by atoms with van der Waals surface area (Å²) in [5.41, 5.74) is 1.36. The molecule has 0 radical (unpaired) electrons. The van der Waals surface area contributed by atoms with Crippen LogP contribution in [0.4, 0.5) is 10.1 Å². The van der Waals surface area contributed by atoms with Gasteiger partial charge in [0.15, 0.2) is 0 Å². The first-order valence-electron chi connectivity index (χ1n) is 6.21. The van der Waals surface area contributed by atoms with Gasteiger partial charge in [-0.15, -0.1) is 0 Å². The Hall–Kier alpha value is -1.09. The Bertz CT molecular complexity index is 367. The minimum atomic E-state index is -0.170. The van der Waals surface area contributed by atoms with Gasteiger partial charge in [0.1, 0.15) is 5.82 Å². The van der Waals surface area contributed by atoms with Gasteiger partial charge in [0, 0.05) is 31.4 Å². The maximum atomic E-state index is 12.9. The first-order valence-corrected chi connectivity index (χ1v) is 6.21. The molecule has 1 unspecified atom stereocenters. The van der Waals surface area contributed by atoms with Gasteiger partial charge < -0.3 is 10.2 Å². The van der Waals surface area contributed by atoms with Crippen molar-refractivity contribution in [1.29, 1.82) is 0 Å². The third kappa shape index (κ3) is 2.97. The monoisotopic (exact) mass is 236 g/mol. The van der Waals surface area contributed by atoms with Gasteiger partial charge in [0.05, 0.1) is 0 Å². The second-order valence-electron chi connectivity index (χ2n) is 5.80. The Morgan fingerprint density at radius 3 is 2.47 bits per heavy atom. The molecular formula is C14H21FN2. The highest BCUT2D eigenvalue weighted by Gasteiger charge is 2.29. The van der Waals surface area contributed by atoms with E-state index in [0.717, 1.165) is 25.3 Å². The fourth-order valence-corrected chi connectivity index (χ4v) is 2.22. The van der Waals surface area contributed by atoms with Crippen LogP contribution in [0.3, 0.4) is 0 Å². The van der Waals surface area contributed by atoms with E-state index in [-0.39, 0.29) is 11.2 Å². The molecule has 1 atom stereocenters. The van der Waals surface area contributed by atoms with Crippen LogP contribution in [0.15, 0.2) is 24.3 Å². The van der Waals surface area contributed by atoms with E-state index in [4.69, 9.17) is 0 Å². The van der Waals surface area contributed by atoms with Gasteiger partial charge in [-0.2, -0.15) is 0 Å². The molecule has 0 spiro atoms. The van der Waals surface area contributed by atoms with Gasteiger partial charge >= 0.3 is 0 Å². The van der Waals surface area contributed by atoms with Crippen molar-refractivity contribution in [3.63, 3.8) is 0 Å². The maximum Gasteiger partial charge on any atom is 0.123 e. The fraction of sp³-hybridized carbons (Fsp3) is 0.571. The van der Waals surface area contributed by atoms with E-state index in [9.17, 15) is 4.39 Å². The van der Waals surface area contributed by atoms with Gasteiger partial charge in [0.2, 0.25) is 0 Å². The largest absolute Gasteiger partial charge is 0.369 e. The number of benzene rings is 1. The molecule has 1 fully saturated rings. The highest BCUT2D eigenvalue weighted by Crippen LogP contribution is 2.24. The molecule has 17 heavy (non-hydrogen) atoms. The summed E-state index contributed by atoms with van der Waals surface area (Å²) in [5.74, 6) is -0.170. The standard InChI is InChI=1S/C14H21FN2/c1-14(2,3)13-10-17(9-8-16-13)12-6-4-11(15)5-7-12/h4-7,13,16H,8-10H2,1-3H3. The number of rotatable bonds is 1. The predicted octanol–water partition coefficient (Wildman–Crippen LogP) is 2.65. The highest BCUT2D eigenvalue weighted by molar-refractivity contribution is 5.47. The maximum absolute atomic E-state index is 12.9. The molecule has 1 aromatic rings. The van der Waals surface area contributed by atoms with Crippen LogP contribution in [0.25, 0.3) is 0 Å². The van der Waals surface area contributed by atoms with Crippen molar-refractivity contribution in [2.75, 3.05) is 24.5 Å². The van der Waals surface area contributed by atoms with E-state index < -0.39 is 0 Å². The molecule has 0 amide bonds. The topological polar surface area (TPSA) is 15.3 Å². The van der Waals surface area contributed by atoms with Crippen LogP contribution in [0, 0.1) is 11.2 Å². The Morgan fingerprint density at radius 1 is 1.24 bits per heavy atom. The van der Waals surface area contributed by atoms with Crippen molar-refractivity contribution in [2.45, 2.75) is 26.8 Å². The van der Waals surface area contributed by atoms with Crippen molar-refractivity contribution in [1.82, 2.24) is 5.32 Å². The third-order valence-electron chi connectivity index (χ3n) is 3.41. The number of anilines is 1.